The van der Waals surface area contributed by atoms with Crippen molar-refractivity contribution in [2.24, 2.45) is 0 Å². The third-order valence-corrected chi connectivity index (χ3v) is 3.80. The molecule has 0 aromatic carbocycles. The van der Waals surface area contributed by atoms with Gasteiger partial charge in [0.2, 0.25) is 0 Å². The minimum absolute atomic E-state index is 0.178. The van der Waals surface area contributed by atoms with Gasteiger partial charge in [0.1, 0.15) is 11.5 Å². The van der Waals surface area contributed by atoms with Gasteiger partial charge in [0.15, 0.2) is 11.5 Å². The number of hydrogen-bond donors (Lipinski definition) is 2. The summed E-state index contributed by atoms with van der Waals surface area (Å²) in [5, 5.41) is 9.81. The predicted octanol–water partition coefficient (Wildman–Crippen LogP) is 2.83. The number of furan rings is 1. The fraction of sp³-hybridized carbons (Fsp3) is 0.529. The van der Waals surface area contributed by atoms with Crippen LogP contribution in [0.5, 0.6) is 0 Å². The Morgan fingerprint density at radius 3 is 2.57 bits per heavy atom. The van der Waals surface area contributed by atoms with Gasteiger partial charge in [-0.15, -0.1) is 0 Å². The molecule has 0 aliphatic carbocycles. The van der Waals surface area contributed by atoms with Crippen LogP contribution < -0.4 is 5.32 Å². The van der Waals surface area contributed by atoms with Crippen LogP contribution in [0, 0.1) is 6.92 Å². The highest BCUT2D eigenvalue weighted by Crippen LogP contribution is 2.20. The zero-order chi connectivity index (χ0) is 17.0. The molecule has 0 spiro atoms. The maximum atomic E-state index is 12.2. The molecule has 2 rings (SSSR count). The third kappa shape index (κ3) is 4.45. The number of amides is 1. The van der Waals surface area contributed by atoms with Crippen LogP contribution in [0.4, 0.5) is 0 Å². The van der Waals surface area contributed by atoms with Crippen LogP contribution in [-0.4, -0.2) is 46.2 Å². The number of aromatic nitrogens is 2. The lowest BCUT2D eigenvalue weighted by Gasteiger charge is -2.30. The van der Waals surface area contributed by atoms with Crippen molar-refractivity contribution < 1.29 is 9.21 Å². The van der Waals surface area contributed by atoms with Crippen LogP contribution in [0.25, 0.3) is 11.5 Å². The fourth-order valence-electron chi connectivity index (χ4n) is 2.65. The van der Waals surface area contributed by atoms with Crippen molar-refractivity contribution in [2.75, 3.05) is 13.1 Å². The van der Waals surface area contributed by atoms with Gasteiger partial charge in [-0.3, -0.25) is 14.8 Å². The Morgan fingerprint density at radius 1 is 1.30 bits per heavy atom. The normalized spacial score (nSPS) is 11.7. The Morgan fingerprint density at radius 2 is 2.00 bits per heavy atom. The molecular weight excluding hydrogens is 292 g/mol. The Balaban J connectivity index is 1.90. The van der Waals surface area contributed by atoms with Crippen LogP contribution in [0.1, 0.15) is 43.9 Å². The van der Waals surface area contributed by atoms with Crippen molar-refractivity contribution in [1.29, 1.82) is 0 Å². The largest absolute Gasteiger partial charge is 0.460 e. The number of aromatic amines is 1. The molecule has 0 saturated heterocycles. The smallest absolute Gasteiger partial charge is 0.271 e. The lowest BCUT2D eigenvalue weighted by Crippen LogP contribution is -2.42. The zero-order valence-electron chi connectivity index (χ0n) is 14.5. The Kier molecular flexibility index (Phi) is 5.60. The molecule has 0 unspecified atom stereocenters. The minimum Gasteiger partial charge on any atom is -0.460 e. The van der Waals surface area contributed by atoms with E-state index in [4.69, 9.17) is 4.42 Å². The minimum atomic E-state index is -0.178. The van der Waals surface area contributed by atoms with Gasteiger partial charge < -0.3 is 9.73 Å². The van der Waals surface area contributed by atoms with Gasteiger partial charge >= 0.3 is 0 Å². The van der Waals surface area contributed by atoms with Gasteiger partial charge in [0, 0.05) is 31.2 Å². The van der Waals surface area contributed by atoms with E-state index in [1.807, 2.05) is 19.1 Å². The van der Waals surface area contributed by atoms with E-state index in [1.165, 1.54) is 0 Å². The molecule has 2 heterocycles. The van der Waals surface area contributed by atoms with E-state index in [-0.39, 0.29) is 5.91 Å². The van der Waals surface area contributed by atoms with Crippen LogP contribution in [0.3, 0.4) is 0 Å². The highest BCUT2D eigenvalue weighted by atomic mass is 16.3. The lowest BCUT2D eigenvalue weighted by atomic mass is 10.2. The summed E-state index contributed by atoms with van der Waals surface area (Å²) in [4.78, 5) is 14.5. The second-order valence-corrected chi connectivity index (χ2v) is 6.26. The van der Waals surface area contributed by atoms with E-state index >= 15 is 0 Å². The van der Waals surface area contributed by atoms with E-state index in [0.29, 0.717) is 35.8 Å². The molecule has 6 nitrogen and oxygen atoms in total. The number of carbonyl (C=O) groups is 1. The SMILES string of the molecule is Cc1ccc(-c2cc(C(=O)NCCN(C(C)C)C(C)C)n[nH]2)o1. The number of rotatable bonds is 7. The number of hydrogen-bond acceptors (Lipinski definition) is 4. The molecule has 0 saturated carbocycles. The molecule has 0 radical (unpaired) electrons. The number of carbonyl (C=O) groups excluding carboxylic acids is 1. The number of nitrogens with one attached hydrogen (secondary N) is 2. The standard InChI is InChI=1S/C17H26N4O2/c1-11(2)21(12(3)4)9-8-18-17(22)15-10-14(19-20-15)16-7-6-13(5)23-16/h6-7,10-12H,8-9H2,1-5H3,(H,18,22)(H,19,20). The van der Waals surface area contributed by atoms with Crippen LogP contribution in [0.2, 0.25) is 0 Å². The van der Waals surface area contributed by atoms with Gasteiger partial charge in [-0.05, 0) is 46.8 Å². The molecule has 6 heteroatoms. The number of nitrogens with zero attached hydrogens (tertiary/aromatic N) is 2. The summed E-state index contributed by atoms with van der Waals surface area (Å²) < 4.78 is 5.52. The van der Waals surface area contributed by atoms with Gasteiger partial charge in [0.05, 0.1) is 0 Å². The molecule has 2 aromatic heterocycles. The first-order valence-electron chi connectivity index (χ1n) is 8.04. The van der Waals surface area contributed by atoms with E-state index in [0.717, 1.165) is 12.3 Å². The van der Waals surface area contributed by atoms with Crippen LogP contribution in [-0.2, 0) is 0 Å². The molecule has 2 aromatic rings. The highest BCUT2D eigenvalue weighted by Gasteiger charge is 2.15. The summed E-state index contributed by atoms with van der Waals surface area (Å²) >= 11 is 0. The predicted molar refractivity (Wildman–Crippen MR) is 90.3 cm³/mol. The number of aryl methyl sites for hydroxylation is 1. The lowest BCUT2D eigenvalue weighted by molar-refractivity contribution is 0.0934. The topological polar surface area (TPSA) is 74.2 Å². The average Bonchev–Trinajstić information content (AvgIpc) is 3.10. The molecule has 0 atom stereocenters. The summed E-state index contributed by atoms with van der Waals surface area (Å²) in [6, 6.07) is 6.34. The van der Waals surface area contributed by atoms with E-state index in [9.17, 15) is 4.79 Å². The van der Waals surface area contributed by atoms with Gasteiger partial charge in [-0.2, -0.15) is 5.10 Å². The quantitative estimate of drug-likeness (QED) is 0.823. The number of H-pyrrole nitrogens is 1. The van der Waals surface area contributed by atoms with Crippen molar-refractivity contribution in [1.82, 2.24) is 20.4 Å². The molecule has 0 aliphatic rings. The summed E-state index contributed by atoms with van der Waals surface area (Å²) in [6.45, 7) is 11.9. The Labute approximate surface area is 137 Å². The molecule has 0 aliphatic heterocycles. The van der Waals surface area contributed by atoms with Crippen LogP contribution >= 0.6 is 0 Å². The summed E-state index contributed by atoms with van der Waals surface area (Å²) in [6.07, 6.45) is 0. The monoisotopic (exact) mass is 318 g/mol. The highest BCUT2D eigenvalue weighted by molar-refractivity contribution is 5.93. The first-order valence-corrected chi connectivity index (χ1v) is 8.04. The van der Waals surface area contributed by atoms with Crippen molar-refractivity contribution in [3.8, 4) is 11.5 Å². The summed E-state index contributed by atoms with van der Waals surface area (Å²) in [5.41, 5.74) is 1.07. The maximum Gasteiger partial charge on any atom is 0.271 e. The van der Waals surface area contributed by atoms with Gasteiger partial charge in [-0.25, -0.2) is 0 Å². The average molecular weight is 318 g/mol. The Hall–Kier alpha value is -2.08. The molecule has 2 N–H and O–H groups in total. The second kappa shape index (κ2) is 7.46. The summed E-state index contributed by atoms with van der Waals surface area (Å²) in [5.74, 6) is 1.33. The Bertz CT molecular complexity index is 635. The molecule has 23 heavy (non-hydrogen) atoms. The van der Waals surface area contributed by atoms with Crippen LogP contribution in [0.15, 0.2) is 22.6 Å². The summed E-state index contributed by atoms with van der Waals surface area (Å²) in [7, 11) is 0. The first-order chi connectivity index (χ1) is 10.9. The van der Waals surface area contributed by atoms with Gasteiger partial charge in [-0.1, -0.05) is 0 Å². The van der Waals surface area contributed by atoms with Crippen molar-refractivity contribution in [3.63, 3.8) is 0 Å². The maximum absolute atomic E-state index is 12.2. The van der Waals surface area contributed by atoms with E-state index in [1.54, 1.807) is 6.07 Å². The third-order valence-electron chi connectivity index (χ3n) is 3.80. The molecular formula is C17H26N4O2. The molecule has 1 amide bonds. The molecule has 0 bridgehead atoms. The van der Waals surface area contributed by atoms with Crippen molar-refractivity contribution in [3.05, 3.63) is 29.7 Å². The van der Waals surface area contributed by atoms with E-state index in [2.05, 4.69) is 48.1 Å². The molecule has 126 valence electrons. The fourth-order valence-corrected chi connectivity index (χ4v) is 2.65. The van der Waals surface area contributed by atoms with Gasteiger partial charge in [0.25, 0.3) is 5.91 Å². The van der Waals surface area contributed by atoms with Crippen molar-refractivity contribution in [2.45, 2.75) is 46.7 Å². The van der Waals surface area contributed by atoms with Crippen molar-refractivity contribution >= 4 is 5.91 Å². The van der Waals surface area contributed by atoms with E-state index < -0.39 is 0 Å². The molecule has 0 fully saturated rings. The first kappa shape index (κ1) is 17.3. The second-order valence-electron chi connectivity index (χ2n) is 6.26. The zero-order valence-corrected chi connectivity index (χ0v) is 14.5.